The second-order valence-corrected chi connectivity index (χ2v) is 6.04. The number of nitrogens with two attached hydrogens (primary N) is 1. The Hall–Kier alpha value is -1.51. The van der Waals surface area contributed by atoms with E-state index in [1.165, 1.54) is 12.8 Å². The van der Waals surface area contributed by atoms with Crippen LogP contribution < -0.4 is 5.73 Å². The number of carbonyl (C=O) groups is 1. The van der Waals surface area contributed by atoms with E-state index in [-0.39, 0.29) is 5.91 Å². The Balaban J connectivity index is 2.11. The fourth-order valence-electron chi connectivity index (χ4n) is 3.18. The van der Waals surface area contributed by atoms with Crippen LogP contribution in [0.2, 0.25) is 0 Å². The third-order valence-corrected chi connectivity index (χ3v) is 5.17. The minimum absolute atomic E-state index is 0.0898. The van der Waals surface area contributed by atoms with Crippen LogP contribution in [0, 0.1) is 12.3 Å². The summed E-state index contributed by atoms with van der Waals surface area (Å²) in [6.45, 7) is 8.18. The number of aryl methyl sites for hydroxylation is 1. The number of piperidine rings is 1. The largest absolute Gasteiger partial charge is 0.398 e. The van der Waals surface area contributed by atoms with Gasteiger partial charge in [0.15, 0.2) is 0 Å². The van der Waals surface area contributed by atoms with E-state index in [4.69, 9.17) is 5.73 Å². The molecule has 20 heavy (non-hydrogen) atoms. The van der Waals surface area contributed by atoms with Crippen LogP contribution in [0.3, 0.4) is 0 Å². The van der Waals surface area contributed by atoms with E-state index in [1.807, 2.05) is 30.0 Å². The molecule has 0 atom stereocenters. The summed E-state index contributed by atoms with van der Waals surface area (Å²) < 4.78 is 0. The average molecular weight is 274 g/mol. The number of anilines is 1. The highest BCUT2D eigenvalue weighted by Gasteiger charge is 2.33. The SMILES string of the molecule is CCC1(CC)CCN(C(=O)c2cccc(C)c2N)CC1. The van der Waals surface area contributed by atoms with E-state index in [1.54, 1.807) is 0 Å². The van der Waals surface area contributed by atoms with Gasteiger partial charge in [0.25, 0.3) is 5.91 Å². The maximum absolute atomic E-state index is 12.6. The summed E-state index contributed by atoms with van der Waals surface area (Å²) in [4.78, 5) is 14.6. The number of nitrogens with zero attached hydrogens (tertiary/aromatic N) is 1. The van der Waals surface area contributed by atoms with Gasteiger partial charge in [0.2, 0.25) is 0 Å². The lowest BCUT2D eigenvalue weighted by atomic mass is 9.74. The zero-order chi connectivity index (χ0) is 14.8. The normalized spacial score (nSPS) is 18.1. The summed E-state index contributed by atoms with van der Waals surface area (Å²) in [6, 6.07) is 5.69. The summed E-state index contributed by atoms with van der Waals surface area (Å²) in [6.07, 6.45) is 4.63. The van der Waals surface area contributed by atoms with Crippen molar-refractivity contribution in [3.8, 4) is 0 Å². The molecule has 2 rings (SSSR count). The number of para-hydroxylation sites is 1. The minimum Gasteiger partial charge on any atom is -0.398 e. The van der Waals surface area contributed by atoms with Crippen LogP contribution in [-0.2, 0) is 0 Å². The zero-order valence-electron chi connectivity index (χ0n) is 12.9. The van der Waals surface area contributed by atoms with Gasteiger partial charge in [0.05, 0.1) is 5.56 Å². The third kappa shape index (κ3) is 2.67. The number of amides is 1. The minimum atomic E-state index is 0.0898. The molecule has 0 bridgehead atoms. The summed E-state index contributed by atoms with van der Waals surface area (Å²) in [5.41, 5.74) is 8.75. The third-order valence-electron chi connectivity index (χ3n) is 5.17. The molecule has 110 valence electrons. The first-order valence-corrected chi connectivity index (χ1v) is 7.67. The topological polar surface area (TPSA) is 46.3 Å². The van der Waals surface area contributed by atoms with Crippen molar-refractivity contribution in [3.63, 3.8) is 0 Å². The molecule has 1 saturated heterocycles. The maximum Gasteiger partial charge on any atom is 0.255 e. The molecule has 0 aromatic heterocycles. The van der Waals surface area contributed by atoms with E-state index in [0.29, 0.717) is 16.7 Å². The quantitative estimate of drug-likeness (QED) is 0.856. The predicted molar refractivity (Wildman–Crippen MR) is 83.7 cm³/mol. The highest BCUT2D eigenvalue weighted by Crippen LogP contribution is 2.38. The molecule has 1 fully saturated rings. The van der Waals surface area contributed by atoms with Gasteiger partial charge in [-0.15, -0.1) is 0 Å². The number of carbonyl (C=O) groups excluding carboxylic acids is 1. The molecular weight excluding hydrogens is 248 g/mol. The summed E-state index contributed by atoms with van der Waals surface area (Å²) in [5.74, 6) is 0.0898. The van der Waals surface area contributed by atoms with Crippen molar-refractivity contribution in [2.24, 2.45) is 5.41 Å². The molecule has 0 radical (unpaired) electrons. The Morgan fingerprint density at radius 1 is 1.25 bits per heavy atom. The molecule has 1 heterocycles. The Labute approximate surface area is 122 Å². The van der Waals surface area contributed by atoms with E-state index in [2.05, 4.69) is 13.8 Å². The smallest absolute Gasteiger partial charge is 0.255 e. The number of hydrogen-bond acceptors (Lipinski definition) is 2. The molecule has 1 aromatic rings. The molecular formula is C17H26N2O. The number of rotatable bonds is 3. The van der Waals surface area contributed by atoms with Gasteiger partial charge in [-0.05, 0) is 36.8 Å². The van der Waals surface area contributed by atoms with Crippen LogP contribution in [0.5, 0.6) is 0 Å². The fraction of sp³-hybridized carbons (Fsp3) is 0.588. The van der Waals surface area contributed by atoms with Crippen molar-refractivity contribution >= 4 is 11.6 Å². The molecule has 1 aromatic carbocycles. The molecule has 3 heteroatoms. The van der Waals surface area contributed by atoms with E-state index >= 15 is 0 Å². The van der Waals surface area contributed by atoms with Crippen molar-refractivity contribution in [3.05, 3.63) is 29.3 Å². The second kappa shape index (κ2) is 5.86. The summed E-state index contributed by atoms with van der Waals surface area (Å²) >= 11 is 0. The highest BCUT2D eigenvalue weighted by molar-refractivity contribution is 5.99. The first kappa shape index (κ1) is 14.9. The van der Waals surface area contributed by atoms with Gasteiger partial charge in [-0.1, -0.05) is 38.8 Å². The molecule has 3 nitrogen and oxygen atoms in total. The molecule has 0 spiro atoms. The predicted octanol–water partition coefficient (Wildman–Crippen LogP) is 3.62. The monoisotopic (exact) mass is 274 g/mol. The Bertz CT molecular complexity index is 482. The van der Waals surface area contributed by atoms with Crippen molar-refractivity contribution in [2.75, 3.05) is 18.8 Å². The van der Waals surface area contributed by atoms with Crippen LogP contribution >= 0.6 is 0 Å². The zero-order valence-corrected chi connectivity index (χ0v) is 12.9. The van der Waals surface area contributed by atoms with E-state index in [9.17, 15) is 4.79 Å². The van der Waals surface area contributed by atoms with Crippen LogP contribution in [0.1, 0.15) is 55.5 Å². The Kier molecular flexibility index (Phi) is 4.36. The summed E-state index contributed by atoms with van der Waals surface area (Å²) in [7, 11) is 0. The van der Waals surface area contributed by atoms with Gasteiger partial charge in [0.1, 0.15) is 0 Å². The average Bonchev–Trinajstić information content (AvgIpc) is 2.49. The molecule has 2 N–H and O–H groups in total. The van der Waals surface area contributed by atoms with E-state index in [0.717, 1.165) is 31.5 Å². The molecule has 1 aliphatic heterocycles. The number of benzene rings is 1. The molecule has 0 saturated carbocycles. The standard InChI is InChI=1S/C17H26N2O/c1-4-17(5-2)9-11-19(12-10-17)16(20)14-8-6-7-13(3)15(14)18/h6-8H,4-5,9-12,18H2,1-3H3. The maximum atomic E-state index is 12.6. The van der Waals surface area contributed by atoms with Gasteiger partial charge >= 0.3 is 0 Å². The molecule has 0 unspecified atom stereocenters. The van der Waals surface area contributed by atoms with Crippen molar-refractivity contribution < 1.29 is 4.79 Å². The first-order valence-electron chi connectivity index (χ1n) is 7.67. The van der Waals surface area contributed by atoms with Gasteiger partial charge in [-0.3, -0.25) is 4.79 Å². The Morgan fingerprint density at radius 2 is 1.85 bits per heavy atom. The van der Waals surface area contributed by atoms with Gasteiger partial charge < -0.3 is 10.6 Å². The van der Waals surface area contributed by atoms with E-state index < -0.39 is 0 Å². The fourth-order valence-corrected chi connectivity index (χ4v) is 3.18. The first-order chi connectivity index (χ1) is 9.53. The van der Waals surface area contributed by atoms with Crippen LogP contribution in [0.4, 0.5) is 5.69 Å². The van der Waals surface area contributed by atoms with Crippen molar-refractivity contribution in [2.45, 2.75) is 46.5 Å². The van der Waals surface area contributed by atoms with Crippen LogP contribution in [-0.4, -0.2) is 23.9 Å². The van der Waals surface area contributed by atoms with Crippen LogP contribution in [0.15, 0.2) is 18.2 Å². The lowest BCUT2D eigenvalue weighted by molar-refractivity contribution is 0.0558. The second-order valence-electron chi connectivity index (χ2n) is 6.04. The molecule has 1 amide bonds. The lowest BCUT2D eigenvalue weighted by Gasteiger charge is -2.41. The van der Waals surface area contributed by atoms with Gasteiger partial charge in [0, 0.05) is 18.8 Å². The molecule has 0 aliphatic carbocycles. The highest BCUT2D eigenvalue weighted by atomic mass is 16.2. The van der Waals surface area contributed by atoms with Crippen molar-refractivity contribution in [1.29, 1.82) is 0 Å². The van der Waals surface area contributed by atoms with Gasteiger partial charge in [-0.25, -0.2) is 0 Å². The number of likely N-dealkylation sites (tertiary alicyclic amines) is 1. The number of nitrogen functional groups attached to an aromatic ring is 1. The summed E-state index contributed by atoms with van der Waals surface area (Å²) in [5, 5.41) is 0. The Morgan fingerprint density at radius 3 is 2.40 bits per heavy atom. The van der Waals surface area contributed by atoms with Gasteiger partial charge in [-0.2, -0.15) is 0 Å². The molecule has 1 aliphatic rings. The van der Waals surface area contributed by atoms with Crippen LogP contribution in [0.25, 0.3) is 0 Å². The number of hydrogen-bond donors (Lipinski definition) is 1. The van der Waals surface area contributed by atoms with Crippen molar-refractivity contribution in [1.82, 2.24) is 4.90 Å². The lowest BCUT2D eigenvalue weighted by Crippen LogP contribution is -2.43.